The standard InChI is InChI=1S/C26H25ClO3S/c1-4-30-23-14-9-20(15-24(23)29-3)16-25(26(28)21-10-12-22(27)13-11-21)31-17-19-7-5-18(2)6-8-19/h5-16H,4,17H2,1-3H3/b25-16+. The highest BCUT2D eigenvalue weighted by Gasteiger charge is 2.15. The number of methoxy groups -OCH3 is 1. The second kappa shape index (κ2) is 11.1. The van der Waals surface area contributed by atoms with Gasteiger partial charge in [0.15, 0.2) is 17.3 Å². The van der Waals surface area contributed by atoms with Crippen molar-refractivity contribution in [1.29, 1.82) is 0 Å². The lowest BCUT2D eigenvalue weighted by Crippen LogP contribution is -2.01. The van der Waals surface area contributed by atoms with Crippen molar-refractivity contribution in [1.82, 2.24) is 0 Å². The second-order valence-corrected chi connectivity index (χ2v) is 8.42. The Kier molecular flexibility index (Phi) is 8.21. The van der Waals surface area contributed by atoms with E-state index in [-0.39, 0.29) is 5.78 Å². The van der Waals surface area contributed by atoms with Crippen molar-refractivity contribution in [3.8, 4) is 11.5 Å². The predicted molar refractivity (Wildman–Crippen MR) is 130 cm³/mol. The molecule has 0 aliphatic rings. The van der Waals surface area contributed by atoms with E-state index in [0.29, 0.717) is 39.3 Å². The minimum Gasteiger partial charge on any atom is -0.493 e. The van der Waals surface area contributed by atoms with Crippen molar-refractivity contribution in [2.24, 2.45) is 0 Å². The van der Waals surface area contributed by atoms with Gasteiger partial charge in [0, 0.05) is 16.3 Å². The van der Waals surface area contributed by atoms with Crippen molar-refractivity contribution < 1.29 is 14.3 Å². The molecule has 3 aromatic rings. The monoisotopic (exact) mass is 452 g/mol. The molecular weight excluding hydrogens is 428 g/mol. The number of rotatable bonds is 9. The maximum atomic E-state index is 13.3. The molecular formula is C26H25ClO3S. The maximum absolute atomic E-state index is 13.3. The zero-order valence-electron chi connectivity index (χ0n) is 17.9. The average Bonchev–Trinajstić information content (AvgIpc) is 2.78. The summed E-state index contributed by atoms with van der Waals surface area (Å²) < 4.78 is 11.1. The molecule has 0 aliphatic carbocycles. The molecule has 0 atom stereocenters. The van der Waals surface area contributed by atoms with Crippen LogP contribution in [0.4, 0.5) is 0 Å². The normalized spacial score (nSPS) is 11.3. The van der Waals surface area contributed by atoms with E-state index >= 15 is 0 Å². The number of hydrogen-bond donors (Lipinski definition) is 0. The molecule has 0 heterocycles. The molecule has 0 bridgehead atoms. The van der Waals surface area contributed by atoms with E-state index in [1.54, 1.807) is 31.4 Å². The highest BCUT2D eigenvalue weighted by molar-refractivity contribution is 8.03. The van der Waals surface area contributed by atoms with Gasteiger partial charge in [-0.3, -0.25) is 4.79 Å². The first kappa shape index (κ1) is 23.0. The number of benzene rings is 3. The number of Topliss-reactive ketones (excluding diaryl/α,β-unsaturated/α-hetero) is 1. The Morgan fingerprint density at radius 2 is 1.71 bits per heavy atom. The van der Waals surface area contributed by atoms with Crippen LogP contribution in [0.5, 0.6) is 11.5 Å². The summed E-state index contributed by atoms with van der Waals surface area (Å²) in [6, 6.07) is 21.0. The molecule has 0 spiro atoms. The number of thioether (sulfide) groups is 1. The first-order valence-electron chi connectivity index (χ1n) is 10.0. The molecule has 3 nitrogen and oxygen atoms in total. The molecule has 0 amide bonds. The highest BCUT2D eigenvalue weighted by atomic mass is 35.5. The number of allylic oxidation sites excluding steroid dienone is 1. The summed E-state index contributed by atoms with van der Waals surface area (Å²) in [4.78, 5) is 13.9. The lowest BCUT2D eigenvalue weighted by atomic mass is 10.1. The Balaban J connectivity index is 1.92. The third-order valence-electron chi connectivity index (χ3n) is 4.63. The van der Waals surface area contributed by atoms with Gasteiger partial charge >= 0.3 is 0 Å². The molecule has 0 saturated carbocycles. The van der Waals surface area contributed by atoms with E-state index in [2.05, 4.69) is 31.2 Å². The number of ether oxygens (including phenoxy) is 2. The van der Waals surface area contributed by atoms with Gasteiger partial charge in [0.1, 0.15) is 0 Å². The number of aryl methyl sites for hydroxylation is 1. The summed E-state index contributed by atoms with van der Waals surface area (Å²) >= 11 is 7.51. The molecule has 31 heavy (non-hydrogen) atoms. The Labute approximate surface area is 193 Å². The molecule has 0 aliphatic heterocycles. The molecule has 3 aromatic carbocycles. The first-order chi connectivity index (χ1) is 15.0. The van der Waals surface area contributed by atoms with Crippen LogP contribution in [0.3, 0.4) is 0 Å². The van der Waals surface area contributed by atoms with Crippen LogP contribution >= 0.6 is 23.4 Å². The van der Waals surface area contributed by atoms with Crippen molar-refractivity contribution in [2.75, 3.05) is 13.7 Å². The average molecular weight is 453 g/mol. The maximum Gasteiger partial charge on any atom is 0.199 e. The SMILES string of the molecule is CCOc1ccc(/C=C(/SCc2ccc(C)cc2)C(=O)c2ccc(Cl)cc2)cc1OC. The largest absolute Gasteiger partial charge is 0.493 e. The third kappa shape index (κ3) is 6.39. The van der Waals surface area contributed by atoms with Crippen molar-refractivity contribution in [3.63, 3.8) is 0 Å². The van der Waals surface area contributed by atoms with E-state index in [9.17, 15) is 4.79 Å². The summed E-state index contributed by atoms with van der Waals surface area (Å²) in [5.74, 6) is 1.97. The number of halogens is 1. The molecule has 0 aromatic heterocycles. The van der Waals surface area contributed by atoms with Gasteiger partial charge in [0.25, 0.3) is 0 Å². The van der Waals surface area contributed by atoms with Crippen molar-refractivity contribution in [3.05, 3.63) is 98.9 Å². The van der Waals surface area contributed by atoms with Crippen LogP contribution in [-0.2, 0) is 5.75 Å². The van der Waals surface area contributed by atoms with E-state index in [1.807, 2.05) is 31.2 Å². The number of ketones is 1. The number of hydrogen-bond acceptors (Lipinski definition) is 4. The van der Waals surface area contributed by atoms with Crippen LogP contribution in [0, 0.1) is 6.92 Å². The summed E-state index contributed by atoms with van der Waals surface area (Å²) in [5.41, 5.74) is 3.84. The first-order valence-corrected chi connectivity index (χ1v) is 11.4. The van der Waals surface area contributed by atoms with Gasteiger partial charge in [-0.05, 0) is 67.4 Å². The van der Waals surface area contributed by atoms with Gasteiger partial charge in [0.05, 0.1) is 18.6 Å². The summed E-state index contributed by atoms with van der Waals surface area (Å²) in [7, 11) is 1.61. The number of carbonyl (C=O) groups is 1. The zero-order valence-corrected chi connectivity index (χ0v) is 19.4. The Hall–Kier alpha value is -2.69. The second-order valence-electron chi connectivity index (χ2n) is 6.96. The molecule has 0 saturated heterocycles. The van der Waals surface area contributed by atoms with E-state index in [1.165, 1.54) is 17.3 Å². The molecule has 3 rings (SSSR count). The fourth-order valence-electron chi connectivity index (χ4n) is 2.96. The predicted octanol–water partition coefficient (Wildman–Crippen LogP) is 7.21. The van der Waals surface area contributed by atoms with Gasteiger partial charge in [-0.2, -0.15) is 0 Å². The van der Waals surface area contributed by atoms with Crippen LogP contribution in [0.1, 0.15) is 34.0 Å². The zero-order chi connectivity index (χ0) is 22.2. The lowest BCUT2D eigenvalue weighted by Gasteiger charge is -2.11. The van der Waals surface area contributed by atoms with E-state index in [0.717, 1.165) is 11.1 Å². The van der Waals surface area contributed by atoms with Gasteiger partial charge in [-0.15, -0.1) is 11.8 Å². The van der Waals surface area contributed by atoms with Crippen LogP contribution in [0.15, 0.2) is 71.6 Å². The highest BCUT2D eigenvalue weighted by Crippen LogP contribution is 2.32. The molecule has 0 radical (unpaired) electrons. The fraction of sp³-hybridized carbons (Fsp3) is 0.192. The van der Waals surface area contributed by atoms with Gasteiger partial charge in [0.2, 0.25) is 0 Å². The Morgan fingerprint density at radius 3 is 2.35 bits per heavy atom. The lowest BCUT2D eigenvalue weighted by molar-refractivity contribution is 0.104. The Bertz CT molecular complexity index is 1060. The summed E-state index contributed by atoms with van der Waals surface area (Å²) in [6.07, 6.45) is 1.90. The van der Waals surface area contributed by atoms with Crippen molar-refractivity contribution in [2.45, 2.75) is 19.6 Å². The Morgan fingerprint density at radius 1 is 1.00 bits per heavy atom. The van der Waals surface area contributed by atoms with E-state index in [4.69, 9.17) is 21.1 Å². The fourth-order valence-corrected chi connectivity index (χ4v) is 4.07. The smallest absolute Gasteiger partial charge is 0.199 e. The molecule has 5 heteroatoms. The van der Waals surface area contributed by atoms with Gasteiger partial charge in [-0.25, -0.2) is 0 Å². The molecule has 0 fully saturated rings. The van der Waals surface area contributed by atoms with Gasteiger partial charge in [-0.1, -0.05) is 47.5 Å². The van der Waals surface area contributed by atoms with Crippen LogP contribution in [0.2, 0.25) is 5.02 Å². The van der Waals surface area contributed by atoms with Gasteiger partial charge < -0.3 is 9.47 Å². The quantitative estimate of drug-likeness (QED) is 0.254. The molecule has 160 valence electrons. The van der Waals surface area contributed by atoms with Crippen LogP contribution in [0.25, 0.3) is 6.08 Å². The summed E-state index contributed by atoms with van der Waals surface area (Å²) in [5, 5.41) is 0.602. The van der Waals surface area contributed by atoms with Crippen LogP contribution < -0.4 is 9.47 Å². The third-order valence-corrected chi connectivity index (χ3v) is 5.97. The van der Waals surface area contributed by atoms with E-state index < -0.39 is 0 Å². The minimum atomic E-state index is -0.0402. The minimum absolute atomic E-state index is 0.0402. The van der Waals surface area contributed by atoms with Crippen LogP contribution in [-0.4, -0.2) is 19.5 Å². The molecule has 0 unspecified atom stereocenters. The topological polar surface area (TPSA) is 35.5 Å². The molecule has 0 N–H and O–H groups in total. The summed E-state index contributed by atoms with van der Waals surface area (Å²) in [6.45, 7) is 4.54. The van der Waals surface area contributed by atoms with Crippen molar-refractivity contribution >= 4 is 35.2 Å². The number of carbonyl (C=O) groups excluding carboxylic acids is 1.